The highest BCUT2D eigenvalue weighted by atomic mass is 19.1. The Labute approximate surface area is 80.2 Å². The van der Waals surface area contributed by atoms with Crippen LogP contribution >= 0.6 is 0 Å². The van der Waals surface area contributed by atoms with Gasteiger partial charge in [0.25, 0.3) is 0 Å². The Kier molecular flexibility index (Phi) is 2.24. The molecule has 1 aromatic carbocycles. The van der Waals surface area contributed by atoms with Crippen molar-refractivity contribution in [3.63, 3.8) is 0 Å². The fourth-order valence-corrected chi connectivity index (χ4v) is 1.21. The van der Waals surface area contributed by atoms with Crippen LogP contribution in [0.4, 0.5) is 4.39 Å². The van der Waals surface area contributed by atoms with Gasteiger partial charge in [0.2, 0.25) is 0 Å². The van der Waals surface area contributed by atoms with Gasteiger partial charge in [-0.1, -0.05) is 5.21 Å². The Morgan fingerprint density at radius 2 is 2.29 bits per heavy atom. The van der Waals surface area contributed by atoms with Gasteiger partial charge in [-0.05, 0) is 18.2 Å². The summed E-state index contributed by atoms with van der Waals surface area (Å²) < 4.78 is 14.6. The first-order valence-electron chi connectivity index (χ1n) is 4.16. The minimum atomic E-state index is -0.295. The summed E-state index contributed by atoms with van der Waals surface area (Å²) in [5, 5.41) is 7.46. The van der Waals surface area contributed by atoms with Crippen LogP contribution in [-0.2, 0) is 6.54 Å². The van der Waals surface area contributed by atoms with Crippen LogP contribution in [0.15, 0.2) is 30.6 Å². The quantitative estimate of drug-likeness (QED) is 0.767. The second-order valence-electron chi connectivity index (χ2n) is 2.83. The highest BCUT2D eigenvalue weighted by molar-refractivity contribution is 5.35. The molecule has 72 valence electrons. The Bertz CT molecular complexity index is 424. The average Bonchev–Trinajstić information content (AvgIpc) is 2.71. The first kappa shape index (κ1) is 8.83. The third-order valence-electron chi connectivity index (χ3n) is 1.94. The molecule has 1 heterocycles. The zero-order chi connectivity index (χ0) is 9.97. The number of rotatable bonds is 2. The Hall–Kier alpha value is -1.75. The molecule has 0 bridgehead atoms. The molecule has 4 nitrogen and oxygen atoms in total. The van der Waals surface area contributed by atoms with Crippen LogP contribution in [0.2, 0.25) is 0 Å². The molecule has 5 heteroatoms. The maximum Gasteiger partial charge on any atom is 0.127 e. The molecule has 0 amide bonds. The number of benzene rings is 1. The summed E-state index contributed by atoms with van der Waals surface area (Å²) in [5.41, 5.74) is 6.61. The monoisotopic (exact) mass is 192 g/mol. The lowest BCUT2D eigenvalue weighted by Crippen LogP contribution is -2.02. The Morgan fingerprint density at radius 3 is 2.93 bits per heavy atom. The first-order chi connectivity index (χ1) is 6.81. The van der Waals surface area contributed by atoms with Gasteiger partial charge in [0, 0.05) is 12.1 Å². The van der Waals surface area contributed by atoms with E-state index in [0.717, 1.165) is 5.69 Å². The molecule has 1 aromatic heterocycles. The van der Waals surface area contributed by atoms with Crippen LogP contribution in [0.5, 0.6) is 0 Å². The molecular weight excluding hydrogens is 183 g/mol. The normalized spacial score (nSPS) is 10.4. The van der Waals surface area contributed by atoms with Gasteiger partial charge < -0.3 is 5.73 Å². The molecule has 0 atom stereocenters. The molecule has 2 N–H and O–H groups in total. The smallest absolute Gasteiger partial charge is 0.127 e. The van der Waals surface area contributed by atoms with Crippen molar-refractivity contribution in [2.75, 3.05) is 0 Å². The van der Waals surface area contributed by atoms with Crippen molar-refractivity contribution in [3.05, 3.63) is 42.0 Å². The summed E-state index contributed by atoms with van der Waals surface area (Å²) in [5.74, 6) is -0.295. The van der Waals surface area contributed by atoms with Gasteiger partial charge in [-0.2, -0.15) is 0 Å². The predicted octanol–water partition coefficient (Wildman–Crippen LogP) is 0.865. The van der Waals surface area contributed by atoms with Crippen LogP contribution in [0.1, 0.15) is 5.56 Å². The number of hydrogen-bond donors (Lipinski definition) is 1. The highest BCUT2D eigenvalue weighted by Crippen LogP contribution is 2.12. The summed E-state index contributed by atoms with van der Waals surface area (Å²) >= 11 is 0. The lowest BCUT2D eigenvalue weighted by Gasteiger charge is -2.03. The molecule has 0 unspecified atom stereocenters. The van der Waals surface area contributed by atoms with Gasteiger partial charge in [-0.25, -0.2) is 9.07 Å². The van der Waals surface area contributed by atoms with E-state index >= 15 is 0 Å². The van der Waals surface area contributed by atoms with Crippen molar-refractivity contribution in [2.24, 2.45) is 5.73 Å². The molecule has 0 saturated carbocycles. The SMILES string of the molecule is NCc1cc(-n2ccnn2)ccc1F. The number of halogens is 1. The van der Waals surface area contributed by atoms with Gasteiger partial charge in [0.1, 0.15) is 5.82 Å². The van der Waals surface area contributed by atoms with Crippen LogP contribution < -0.4 is 5.73 Å². The zero-order valence-electron chi connectivity index (χ0n) is 7.39. The zero-order valence-corrected chi connectivity index (χ0v) is 7.39. The number of nitrogens with two attached hydrogens (primary N) is 1. The molecule has 0 radical (unpaired) electrons. The maximum absolute atomic E-state index is 13.1. The summed E-state index contributed by atoms with van der Waals surface area (Å²) in [4.78, 5) is 0. The van der Waals surface area contributed by atoms with Crippen LogP contribution in [0.3, 0.4) is 0 Å². The molecule has 14 heavy (non-hydrogen) atoms. The van der Waals surface area contributed by atoms with E-state index in [1.54, 1.807) is 29.2 Å². The van der Waals surface area contributed by atoms with E-state index in [-0.39, 0.29) is 12.4 Å². The van der Waals surface area contributed by atoms with E-state index < -0.39 is 0 Å². The average molecular weight is 192 g/mol. The number of nitrogens with zero attached hydrogens (tertiary/aromatic N) is 3. The molecule has 0 fully saturated rings. The van der Waals surface area contributed by atoms with E-state index in [9.17, 15) is 4.39 Å². The molecule has 2 aromatic rings. The molecular formula is C9H9FN4. The molecule has 2 rings (SSSR count). The molecule has 0 aliphatic carbocycles. The van der Waals surface area contributed by atoms with E-state index in [4.69, 9.17) is 5.73 Å². The van der Waals surface area contributed by atoms with Gasteiger partial charge in [0.05, 0.1) is 18.1 Å². The van der Waals surface area contributed by atoms with Crippen molar-refractivity contribution in [1.29, 1.82) is 0 Å². The van der Waals surface area contributed by atoms with Crippen molar-refractivity contribution in [3.8, 4) is 5.69 Å². The van der Waals surface area contributed by atoms with Crippen molar-refractivity contribution in [1.82, 2.24) is 15.0 Å². The van der Waals surface area contributed by atoms with Crippen molar-refractivity contribution < 1.29 is 4.39 Å². The van der Waals surface area contributed by atoms with Crippen molar-refractivity contribution >= 4 is 0 Å². The second kappa shape index (κ2) is 3.55. The molecule has 0 aliphatic rings. The van der Waals surface area contributed by atoms with Crippen molar-refractivity contribution in [2.45, 2.75) is 6.54 Å². The predicted molar refractivity (Wildman–Crippen MR) is 49.2 cm³/mol. The van der Waals surface area contributed by atoms with Crippen LogP contribution in [0.25, 0.3) is 5.69 Å². The van der Waals surface area contributed by atoms with Crippen LogP contribution in [-0.4, -0.2) is 15.0 Å². The molecule has 0 saturated heterocycles. The fourth-order valence-electron chi connectivity index (χ4n) is 1.21. The topological polar surface area (TPSA) is 56.7 Å². The Balaban J connectivity index is 2.46. The number of aromatic nitrogens is 3. The van der Waals surface area contributed by atoms with Gasteiger partial charge in [0.15, 0.2) is 0 Å². The third-order valence-corrected chi connectivity index (χ3v) is 1.94. The minimum absolute atomic E-state index is 0.175. The van der Waals surface area contributed by atoms with Gasteiger partial charge in [-0.15, -0.1) is 5.10 Å². The standard InChI is InChI=1S/C9H9FN4/c10-9-2-1-8(5-7(9)6-11)14-4-3-12-13-14/h1-5H,6,11H2. The largest absolute Gasteiger partial charge is 0.326 e. The summed E-state index contributed by atoms with van der Waals surface area (Å²) in [6, 6.07) is 4.66. The lowest BCUT2D eigenvalue weighted by molar-refractivity contribution is 0.609. The molecule has 0 aliphatic heterocycles. The fraction of sp³-hybridized carbons (Fsp3) is 0.111. The summed E-state index contributed by atoms with van der Waals surface area (Å²) in [7, 11) is 0. The van der Waals surface area contributed by atoms with E-state index in [0.29, 0.717) is 5.56 Å². The minimum Gasteiger partial charge on any atom is -0.326 e. The first-order valence-corrected chi connectivity index (χ1v) is 4.16. The maximum atomic E-state index is 13.1. The van der Waals surface area contributed by atoms with Gasteiger partial charge >= 0.3 is 0 Å². The van der Waals surface area contributed by atoms with E-state index in [2.05, 4.69) is 10.3 Å². The van der Waals surface area contributed by atoms with E-state index in [1.807, 2.05) is 0 Å². The molecule has 0 spiro atoms. The third kappa shape index (κ3) is 1.49. The summed E-state index contributed by atoms with van der Waals surface area (Å²) in [6.45, 7) is 0.175. The van der Waals surface area contributed by atoms with E-state index in [1.165, 1.54) is 6.07 Å². The number of hydrogen-bond acceptors (Lipinski definition) is 3. The summed E-state index contributed by atoms with van der Waals surface area (Å²) in [6.07, 6.45) is 3.25. The van der Waals surface area contributed by atoms with Crippen LogP contribution in [0, 0.1) is 5.82 Å². The lowest BCUT2D eigenvalue weighted by atomic mass is 10.2. The Morgan fingerprint density at radius 1 is 1.43 bits per heavy atom. The second-order valence-corrected chi connectivity index (χ2v) is 2.83. The van der Waals surface area contributed by atoms with Gasteiger partial charge in [-0.3, -0.25) is 0 Å². The highest BCUT2D eigenvalue weighted by Gasteiger charge is 2.03.